The van der Waals surface area contributed by atoms with Crippen molar-refractivity contribution in [3.63, 3.8) is 0 Å². The van der Waals surface area contributed by atoms with Gasteiger partial charge in [0.1, 0.15) is 11.5 Å². The summed E-state index contributed by atoms with van der Waals surface area (Å²) in [5.41, 5.74) is 1.34. The number of amides is 1. The van der Waals surface area contributed by atoms with E-state index in [0.29, 0.717) is 24.1 Å². The quantitative estimate of drug-likeness (QED) is 0.549. The number of nitrogens with one attached hydrogen (secondary N) is 1. The van der Waals surface area contributed by atoms with Crippen LogP contribution in [0.3, 0.4) is 0 Å². The second-order valence-electron chi connectivity index (χ2n) is 8.20. The SMILES string of the molecule is Cc1noc(/C=C/c2ccccc2F)c1S(=O)(=O)N1CCC[C@H](C(=O)Nc2cccc(C#N)c2)C1. The highest BCUT2D eigenvalue weighted by Crippen LogP contribution is 2.30. The van der Waals surface area contributed by atoms with Crippen LogP contribution in [0.1, 0.15) is 35.4 Å². The standard InChI is InChI=1S/C25H23FN4O4S/c1-17-24(23(34-29-17)12-11-19-7-2-3-10-22(19)26)35(32,33)30-13-5-8-20(16-30)25(31)28-21-9-4-6-18(14-21)15-27/h2-4,6-7,9-12,14,20H,5,8,13,16H2,1H3,(H,28,31)/b12-11+/t20-/m0/s1. The predicted octanol–water partition coefficient (Wildman–Crippen LogP) is 4.20. The zero-order chi connectivity index (χ0) is 25.0. The predicted molar refractivity (Wildman–Crippen MR) is 128 cm³/mol. The van der Waals surface area contributed by atoms with E-state index in [1.165, 1.54) is 29.4 Å². The van der Waals surface area contributed by atoms with E-state index >= 15 is 0 Å². The largest absolute Gasteiger partial charge is 0.355 e. The number of aromatic nitrogens is 1. The molecule has 2 aromatic carbocycles. The summed E-state index contributed by atoms with van der Waals surface area (Å²) >= 11 is 0. The summed E-state index contributed by atoms with van der Waals surface area (Å²) in [6.07, 6.45) is 3.83. The Labute approximate surface area is 202 Å². The number of carbonyl (C=O) groups excluding carboxylic acids is 1. The lowest BCUT2D eigenvalue weighted by Gasteiger charge is -2.31. The Morgan fingerprint density at radius 1 is 1.26 bits per heavy atom. The molecule has 1 aliphatic heterocycles. The van der Waals surface area contributed by atoms with Gasteiger partial charge in [0.15, 0.2) is 10.7 Å². The number of sulfonamides is 1. The van der Waals surface area contributed by atoms with Crippen LogP contribution in [0, 0.1) is 30.0 Å². The molecule has 0 saturated carbocycles. The number of piperidine rings is 1. The molecule has 1 amide bonds. The fourth-order valence-corrected chi connectivity index (χ4v) is 5.76. The van der Waals surface area contributed by atoms with Gasteiger partial charge < -0.3 is 9.84 Å². The minimum absolute atomic E-state index is 0.00675. The lowest BCUT2D eigenvalue weighted by Crippen LogP contribution is -2.43. The smallest absolute Gasteiger partial charge is 0.248 e. The van der Waals surface area contributed by atoms with E-state index in [1.807, 2.05) is 6.07 Å². The Bertz CT molecular complexity index is 1430. The fraction of sp³-hybridized carbons (Fsp3) is 0.240. The van der Waals surface area contributed by atoms with Gasteiger partial charge in [-0.1, -0.05) is 29.4 Å². The number of hydrogen-bond acceptors (Lipinski definition) is 6. The van der Waals surface area contributed by atoms with Gasteiger partial charge in [-0.3, -0.25) is 4.79 Å². The van der Waals surface area contributed by atoms with E-state index < -0.39 is 21.8 Å². The van der Waals surface area contributed by atoms with E-state index in [2.05, 4.69) is 10.5 Å². The summed E-state index contributed by atoms with van der Waals surface area (Å²) in [5.74, 6) is -1.34. The molecular formula is C25H23FN4O4S. The van der Waals surface area contributed by atoms with Crippen LogP contribution in [0.5, 0.6) is 0 Å². The molecule has 0 radical (unpaired) electrons. The molecule has 0 aliphatic carbocycles. The van der Waals surface area contributed by atoms with Gasteiger partial charge >= 0.3 is 0 Å². The van der Waals surface area contributed by atoms with Gasteiger partial charge in [0, 0.05) is 24.3 Å². The van der Waals surface area contributed by atoms with Crippen molar-refractivity contribution in [3.8, 4) is 6.07 Å². The van der Waals surface area contributed by atoms with E-state index in [4.69, 9.17) is 9.78 Å². The second-order valence-corrected chi connectivity index (χ2v) is 10.1. The molecule has 8 nitrogen and oxygen atoms in total. The van der Waals surface area contributed by atoms with Gasteiger partial charge in [-0.05, 0) is 56.2 Å². The van der Waals surface area contributed by atoms with Gasteiger partial charge in [-0.15, -0.1) is 0 Å². The highest BCUT2D eigenvalue weighted by molar-refractivity contribution is 7.89. The molecule has 2 heterocycles. The third-order valence-electron chi connectivity index (χ3n) is 5.76. The number of anilines is 1. The Kier molecular flexibility index (Phi) is 7.10. The molecule has 1 aliphatic rings. The maximum atomic E-state index is 14.0. The van der Waals surface area contributed by atoms with Crippen molar-refractivity contribution in [2.75, 3.05) is 18.4 Å². The molecule has 4 rings (SSSR count). The summed E-state index contributed by atoms with van der Waals surface area (Å²) in [4.78, 5) is 12.8. The third kappa shape index (κ3) is 5.31. The second kappa shape index (κ2) is 10.2. The number of aryl methyl sites for hydroxylation is 1. The van der Waals surface area contributed by atoms with E-state index in [1.54, 1.807) is 42.5 Å². The normalized spacial score (nSPS) is 16.8. The molecule has 10 heteroatoms. The molecule has 1 saturated heterocycles. The zero-order valence-corrected chi connectivity index (χ0v) is 19.8. The molecule has 1 aromatic heterocycles. The molecule has 35 heavy (non-hydrogen) atoms. The van der Waals surface area contributed by atoms with Gasteiger partial charge in [0.2, 0.25) is 15.9 Å². The zero-order valence-electron chi connectivity index (χ0n) is 18.9. The topological polar surface area (TPSA) is 116 Å². The monoisotopic (exact) mass is 494 g/mol. The highest BCUT2D eigenvalue weighted by atomic mass is 32.2. The first-order valence-corrected chi connectivity index (χ1v) is 12.4. The number of hydrogen-bond donors (Lipinski definition) is 1. The van der Waals surface area contributed by atoms with E-state index in [-0.39, 0.29) is 40.9 Å². The van der Waals surface area contributed by atoms with E-state index in [9.17, 15) is 17.6 Å². The van der Waals surface area contributed by atoms with Crippen LogP contribution in [0.2, 0.25) is 0 Å². The summed E-state index contributed by atoms with van der Waals surface area (Å²) < 4.78 is 47.5. The Morgan fingerprint density at radius 3 is 2.83 bits per heavy atom. The molecule has 3 aromatic rings. The van der Waals surface area contributed by atoms with Crippen LogP contribution in [-0.4, -0.2) is 36.9 Å². The molecular weight excluding hydrogens is 471 g/mol. The Morgan fingerprint density at radius 2 is 2.06 bits per heavy atom. The Hall–Kier alpha value is -3.81. The van der Waals surface area contributed by atoms with Crippen molar-refractivity contribution in [1.82, 2.24) is 9.46 Å². The summed E-state index contributed by atoms with van der Waals surface area (Å²) in [6, 6.07) is 14.6. The van der Waals surface area contributed by atoms with Crippen molar-refractivity contribution >= 4 is 33.8 Å². The molecule has 0 unspecified atom stereocenters. The van der Waals surface area contributed by atoms with E-state index in [0.717, 1.165) is 0 Å². The minimum atomic E-state index is -4.04. The molecule has 0 spiro atoms. The average molecular weight is 495 g/mol. The number of nitriles is 1. The van der Waals surface area contributed by atoms with Crippen molar-refractivity contribution in [2.45, 2.75) is 24.7 Å². The van der Waals surface area contributed by atoms with Crippen molar-refractivity contribution in [1.29, 1.82) is 5.26 Å². The minimum Gasteiger partial charge on any atom is -0.355 e. The summed E-state index contributed by atoms with van der Waals surface area (Å²) in [5, 5.41) is 15.6. The first-order valence-electron chi connectivity index (χ1n) is 11.0. The molecule has 1 N–H and O–H groups in total. The van der Waals surface area contributed by atoms with Crippen LogP contribution in [0.15, 0.2) is 57.9 Å². The molecule has 0 bridgehead atoms. The summed E-state index contributed by atoms with van der Waals surface area (Å²) in [7, 11) is -4.04. The molecule has 1 fully saturated rings. The fourth-order valence-electron chi connectivity index (χ4n) is 3.99. The average Bonchev–Trinajstić information content (AvgIpc) is 3.24. The van der Waals surface area contributed by atoms with Gasteiger partial charge in [-0.2, -0.15) is 9.57 Å². The molecule has 180 valence electrons. The van der Waals surface area contributed by atoms with Crippen LogP contribution < -0.4 is 5.32 Å². The lowest BCUT2D eigenvalue weighted by molar-refractivity contribution is -0.120. The number of nitrogens with zero attached hydrogens (tertiary/aromatic N) is 3. The first kappa shape index (κ1) is 24.3. The lowest BCUT2D eigenvalue weighted by atomic mass is 9.98. The van der Waals surface area contributed by atoms with Crippen molar-refractivity contribution in [2.24, 2.45) is 5.92 Å². The highest BCUT2D eigenvalue weighted by Gasteiger charge is 2.37. The summed E-state index contributed by atoms with van der Waals surface area (Å²) in [6.45, 7) is 1.76. The van der Waals surface area contributed by atoms with Gasteiger partial charge in [-0.25, -0.2) is 12.8 Å². The third-order valence-corrected chi connectivity index (χ3v) is 7.79. The van der Waals surface area contributed by atoms with Gasteiger partial charge in [0.05, 0.1) is 17.6 Å². The van der Waals surface area contributed by atoms with Crippen molar-refractivity contribution < 1.29 is 22.1 Å². The number of benzene rings is 2. The maximum Gasteiger partial charge on any atom is 0.248 e. The van der Waals surface area contributed by atoms with Crippen LogP contribution in [0.25, 0.3) is 12.2 Å². The number of rotatable bonds is 6. The van der Waals surface area contributed by atoms with Crippen LogP contribution >= 0.6 is 0 Å². The number of carbonyl (C=O) groups is 1. The van der Waals surface area contributed by atoms with Gasteiger partial charge in [0.25, 0.3) is 0 Å². The maximum absolute atomic E-state index is 14.0. The Balaban J connectivity index is 1.54. The first-order chi connectivity index (χ1) is 16.8. The van der Waals surface area contributed by atoms with Crippen LogP contribution in [0.4, 0.5) is 10.1 Å². The van der Waals surface area contributed by atoms with Crippen LogP contribution in [-0.2, 0) is 14.8 Å². The van der Waals surface area contributed by atoms with Crippen molar-refractivity contribution in [3.05, 3.63) is 76.9 Å². The number of halogens is 1. The molecule has 1 atom stereocenters.